The molecule has 0 heterocycles. The third-order valence-corrected chi connectivity index (χ3v) is 6.34. The topological polar surface area (TPSA) is 18.5 Å². The van der Waals surface area contributed by atoms with Crippen LogP contribution in [0.25, 0.3) is 0 Å². The van der Waals surface area contributed by atoms with Crippen molar-refractivity contribution in [1.29, 1.82) is 0 Å². The summed E-state index contributed by atoms with van der Waals surface area (Å²) in [6, 6.07) is 6.32. The lowest BCUT2D eigenvalue weighted by molar-refractivity contribution is -0.274. The second-order valence-corrected chi connectivity index (χ2v) is 8.27. The molecule has 0 radical (unpaired) electrons. The Morgan fingerprint density at radius 1 is 1.00 bits per heavy atom. The van der Waals surface area contributed by atoms with Crippen molar-refractivity contribution in [2.45, 2.75) is 70.8 Å². The molecule has 2 aliphatic carbocycles. The summed E-state index contributed by atoms with van der Waals surface area (Å²) in [4.78, 5) is 0. The van der Waals surface area contributed by atoms with E-state index in [4.69, 9.17) is 4.74 Å². The van der Waals surface area contributed by atoms with Crippen LogP contribution < -0.4 is 4.74 Å². The van der Waals surface area contributed by atoms with Gasteiger partial charge in [0.05, 0.1) is 12.7 Å². The number of halogens is 3. The smallest absolute Gasteiger partial charge is 0.406 e. The molecule has 0 aromatic heterocycles. The van der Waals surface area contributed by atoms with Gasteiger partial charge in [-0.25, -0.2) is 0 Å². The Morgan fingerprint density at radius 2 is 1.71 bits per heavy atom. The van der Waals surface area contributed by atoms with Crippen LogP contribution >= 0.6 is 0 Å². The molecule has 28 heavy (non-hydrogen) atoms. The average Bonchev–Trinajstić information content (AvgIpc) is 2.66. The Hall–Kier alpha value is -1.49. The molecule has 156 valence electrons. The summed E-state index contributed by atoms with van der Waals surface area (Å²) < 4.78 is 46.6. The van der Waals surface area contributed by atoms with Gasteiger partial charge < -0.3 is 9.47 Å². The maximum atomic E-state index is 12.2. The highest BCUT2D eigenvalue weighted by Crippen LogP contribution is 2.44. The number of benzene rings is 1. The van der Waals surface area contributed by atoms with Crippen molar-refractivity contribution in [3.63, 3.8) is 0 Å². The molecule has 2 fully saturated rings. The summed E-state index contributed by atoms with van der Waals surface area (Å²) in [6.45, 7) is 2.75. The highest BCUT2D eigenvalue weighted by molar-refractivity contribution is 5.27. The molecule has 0 N–H and O–H groups in total. The number of ether oxygens (including phenoxy) is 2. The summed E-state index contributed by atoms with van der Waals surface area (Å²) in [5.41, 5.74) is 1.08. The van der Waals surface area contributed by atoms with E-state index in [1.165, 1.54) is 50.7 Å². The van der Waals surface area contributed by atoms with Gasteiger partial charge in [-0.3, -0.25) is 0 Å². The zero-order valence-electron chi connectivity index (χ0n) is 16.6. The molecule has 5 heteroatoms. The molecule has 0 saturated heterocycles. The molecule has 0 spiro atoms. The number of hydrogen-bond donors (Lipinski definition) is 0. The van der Waals surface area contributed by atoms with Gasteiger partial charge in [-0.15, -0.1) is 13.2 Å². The Bertz CT molecular complexity index is 624. The molecule has 2 nitrogen and oxygen atoms in total. The van der Waals surface area contributed by atoms with Crippen LogP contribution in [0.4, 0.5) is 13.2 Å². The fourth-order valence-corrected chi connectivity index (χ4v) is 4.87. The highest BCUT2D eigenvalue weighted by atomic mass is 19.4. The van der Waals surface area contributed by atoms with Gasteiger partial charge in [-0.1, -0.05) is 30.7 Å². The average molecular weight is 396 g/mol. The first-order valence-corrected chi connectivity index (χ1v) is 10.5. The molecule has 2 saturated carbocycles. The summed E-state index contributed by atoms with van der Waals surface area (Å²) in [7, 11) is 0. The summed E-state index contributed by atoms with van der Waals surface area (Å²) in [6.07, 6.45) is 9.43. The third kappa shape index (κ3) is 6.54. The van der Waals surface area contributed by atoms with Crippen LogP contribution in [0.2, 0.25) is 0 Å². The van der Waals surface area contributed by atoms with Crippen molar-refractivity contribution in [1.82, 2.24) is 0 Å². The summed E-state index contributed by atoms with van der Waals surface area (Å²) in [5, 5.41) is 0. The van der Waals surface area contributed by atoms with E-state index in [1.54, 1.807) is 12.1 Å². The lowest BCUT2D eigenvalue weighted by atomic mass is 9.66. The number of hydrogen-bond acceptors (Lipinski definition) is 2. The molecule has 0 aliphatic heterocycles. The van der Waals surface area contributed by atoms with Crippen molar-refractivity contribution < 1.29 is 22.6 Å². The van der Waals surface area contributed by atoms with Gasteiger partial charge in [0.1, 0.15) is 5.75 Å². The SMILES string of the molecule is C/C=C/COC1CCC2CC(CCc3ccc(OC(F)(F)F)cc3)CCC2C1. The van der Waals surface area contributed by atoms with E-state index in [1.807, 2.05) is 13.0 Å². The van der Waals surface area contributed by atoms with Gasteiger partial charge >= 0.3 is 6.36 Å². The number of allylic oxidation sites excluding steroid dienone is 1. The fraction of sp³-hybridized carbons (Fsp3) is 0.652. The minimum Gasteiger partial charge on any atom is -0.406 e. The predicted octanol–water partition coefficient (Wildman–Crippen LogP) is 6.70. The largest absolute Gasteiger partial charge is 0.573 e. The Kier molecular flexibility index (Phi) is 7.44. The van der Waals surface area contributed by atoms with Crippen LogP contribution in [0.3, 0.4) is 0 Å². The van der Waals surface area contributed by atoms with Gasteiger partial charge in [-0.2, -0.15) is 0 Å². The van der Waals surface area contributed by atoms with E-state index in [-0.39, 0.29) is 5.75 Å². The standard InChI is InChI=1S/C23H31F3O2/c1-2-3-14-27-22-13-10-19-15-18(6-9-20(19)16-22)5-4-17-7-11-21(12-8-17)28-23(24,25)26/h2-3,7-8,11-12,18-20,22H,4-6,9-10,13-16H2,1H3/b3-2+. The molecule has 3 rings (SSSR count). The number of aryl methyl sites for hydroxylation is 1. The van der Waals surface area contributed by atoms with E-state index < -0.39 is 6.36 Å². The molecule has 1 aromatic carbocycles. The van der Waals surface area contributed by atoms with Crippen LogP contribution in [-0.2, 0) is 11.2 Å². The Labute approximate surface area is 166 Å². The van der Waals surface area contributed by atoms with E-state index in [9.17, 15) is 13.2 Å². The van der Waals surface area contributed by atoms with Crippen LogP contribution in [0, 0.1) is 17.8 Å². The second kappa shape index (κ2) is 9.82. The van der Waals surface area contributed by atoms with Crippen LogP contribution in [0.15, 0.2) is 36.4 Å². The molecule has 4 atom stereocenters. The minimum atomic E-state index is -4.63. The summed E-state index contributed by atoms with van der Waals surface area (Å²) in [5.74, 6) is 2.21. The lowest BCUT2D eigenvalue weighted by Crippen LogP contribution is -2.34. The van der Waals surface area contributed by atoms with Gasteiger partial charge in [0.2, 0.25) is 0 Å². The number of alkyl halides is 3. The monoisotopic (exact) mass is 396 g/mol. The van der Waals surface area contributed by atoms with Crippen molar-refractivity contribution in [3.05, 3.63) is 42.0 Å². The lowest BCUT2D eigenvalue weighted by Gasteiger charge is -2.42. The second-order valence-electron chi connectivity index (χ2n) is 8.27. The molecule has 1 aromatic rings. The molecular formula is C23H31F3O2. The van der Waals surface area contributed by atoms with E-state index >= 15 is 0 Å². The number of fused-ring (bicyclic) bond motifs is 1. The van der Waals surface area contributed by atoms with Crippen molar-refractivity contribution >= 4 is 0 Å². The highest BCUT2D eigenvalue weighted by Gasteiger charge is 2.35. The maximum Gasteiger partial charge on any atom is 0.573 e. The van der Waals surface area contributed by atoms with Gasteiger partial charge in [0, 0.05) is 0 Å². The third-order valence-electron chi connectivity index (χ3n) is 6.34. The van der Waals surface area contributed by atoms with E-state index in [0.29, 0.717) is 6.10 Å². The van der Waals surface area contributed by atoms with Crippen LogP contribution in [-0.4, -0.2) is 19.1 Å². The quantitative estimate of drug-likeness (QED) is 0.478. The van der Waals surface area contributed by atoms with E-state index in [2.05, 4.69) is 10.8 Å². The first kappa shape index (κ1) is 21.2. The minimum absolute atomic E-state index is 0.148. The summed E-state index contributed by atoms with van der Waals surface area (Å²) >= 11 is 0. The first-order valence-electron chi connectivity index (χ1n) is 10.5. The Balaban J connectivity index is 1.41. The zero-order valence-corrected chi connectivity index (χ0v) is 16.6. The first-order chi connectivity index (χ1) is 13.4. The van der Waals surface area contributed by atoms with Crippen molar-refractivity contribution in [3.8, 4) is 5.75 Å². The van der Waals surface area contributed by atoms with Gasteiger partial charge in [0.25, 0.3) is 0 Å². The molecule has 0 amide bonds. The van der Waals surface area contributed by atoms with Crippen molar-refractivity contribution in [2.75, 3.05) is 6.61 Å². The molecule has 0 bridgehead atoms. The van der Waals surface area contributed by atoms with Crippen molar-refractivity contribution in [2.24, 2.45) is 17.8 Å². The molecule has 2 aliphatic rings. The normalized spacial score (nSPS) is 28.3. The van der Waals surface area contributed by atoms with Crippen LogP contribution in [0.1, 0.15) is 57.4 Å². The Morgan fingerprint density at radius 3 is 2.43 bits per heavy atom. The molecular weight excluding hydrogens is 365 g/mol. The molecule has 4 unspecified atom stereocenters. The van der Waals surface area contributed by atoms with Gasteiger partial charge in [0.15, 0.2) is 0 Å². The predicted molar refractivity (Wildman–Crippen MR) is 104 cm³/mol. The number of rotatable bonds is 7. The van der Waals surface area contributed by atoms with E-state index in [0.717, 1.165) is 42.8 Å². The fourth-order valence-electron chi connectivity index (χ4n) is 4.87. The maximum absolute atomic E-state index is 12.2. The van der Waals surface area contributed by atoms with Gasteiger partial charge in [-0.05, 0) is 87.3 Å². The zero-order chi connectivity index (χ0) is 20.0. The van der Waals surface area contributed by atoms with Crippen LogP contribution in [0.5, 0.6) is 5.75 Å².